The topological polar surface area (TPSA) is 105 Å². The van der Waals surface area contributed by atoms with Crippen molar-refractivity contribution < 1.29 is 37.2 Å². The molecule has 2 rings (SSSR count). The average molecular weight is 445 g/mol. The van der Waals surface area contributed by atoms with E-state index in [1.807, 2.05) is 0 Å². The van der Waals surface area contributed by atoms with Crippen molar-refractivity contribution in [2.75, 3.05) is 0 Å². The summed E-state index contributed by atoms with van der Waals surface area (Å²) in [6, 6.07) is 3.38. The normalized spacial score (nSPS) is 20.2. The number of ketones is 1. The molecule has 7 nitrogen and oxygen atoms in total. The van der Waals surface area contributed by atoms with Crippen LogP contribution in [0.15, 0.2) is 18.2 Å². The highest BCUT2D eigenvalue weighted by Crippen LogP contribution is 2.34. The van der Waals surface area contributed by atoms with E-state index in [4.69, 9.17) is 9.47 Å². The molecule has 30 heavy (non-hydrogen) atoms. The van der Waals surface area contributed by atoms with Gasteiger partial charge in [0.2, 0.25) is 5.92 Å². The van der Waals surface area contributed by atoms with Crippen LogP contribution in [0.3, 0.4) is 0 Å². The fraction of sp³-hybridized carbons (Fsp3) is 0.550. The summed E-state index contributed by atoms with van der Waals surface area (Å²) in [5.41, 5.74) is -1.97. The number of benzene rings is 1. The van der Waals surface area contributed by atoms with Gasteiger partial charge in [-0.1, -0.05) is 12.1 Å². The fourth-order valence-electron chi connectivity index (χ4n) is 2.91. The number of carbonyl (C=O) groups is 3. The van der Waals surface area contributed by atoms with Gasteiger partial charge in [0.1, 0.15) is 4.75 Å². The molecule has 1 aromatic carbocycles. The average Bonchev–Trinajstić information content (AvgIpc) is 2.54. The van der Waals surface area contributed by atoms with E-state index in [0.29, 0.717) is 0 Å². The summed E-state index contributed by atoms with van der Waals surface area (Å²) in [4.78, 5) is 37.3. The van der Waals surface area contributed by atoms with E-state index >= 15 is 0 Å². The highest BCUT2D eigenvalue weighted by Gasteiger charge is 2.50. The van der Waals surface area contributed by atoms with Crippen LogP contribution >= 0.6 is 0 Å². The van der Waals surface area contributed by atoms with Gasteiger partial charge >= 0.3 is 11.9 Å². The molecule has 0 aromatic heterocycles. The predicted octanol–water partition coefficient (Wildman–Crippen LogP) is 2.64. The number of hydrogen-bond acceptors (Lipinski definition) is 7. The summed E-state index contributed by atoms with van der Waals surface area (Å²) in [5, 5.41) is 0. The maximum Gasteiger partial charge on any atom is 0.331 e. The molecule has 166 valence electrons. The lowest BCUT2D eigenvalue weighted by atomic mass is 9.84. The Morgan fingerprint density at radius 1 is 1.17 bits per heavy atom. The number of Topliss-reactive ketones (excluding diaryl/α,β-unsaturated/α-hetero) is 1. The standard InChI is InChI=1S/C20H25F2NO6S/c1-18(2,3)30(27)23-20(6,11-8-7-9-12(21)15(11)22)10-13(24)14-16(25)28-19(4,5)29-17(14)26/h7-9,14,23H,10H2,1-6H3/t20?,30-/m1/s1. The van der Waals surface area contributed by atoms with Crippen molar-refractivity contribution in [1.82, 2.24) is 4.72 Å². The Labute approximate surface area is 176 Å². The van der Waals surface area contributed by atoms with Crippen molar-refractivity contribution in [3.8, 4) is 0 Å². The van der Waals surface area contributed by atoms with E-state index < -0.39 is 69.1 Å². The van der Waals surface area contributed by atoms with Crippen LogP contribution in [0.4, 0.5) is 8.78 Å². The minimum atomic E-state index is -1.88. The third-order valence-corrected chi connectivity index (χ3v) is 6.18. The van der Waals surface area contributed by atoms with Crippen molar-refractivity contribution in [1.29, 1.82) is 0 Å². The number of ether oxygens (including phenoxy) is 2. The number of cyclic esters (lactones) is 2. The van der Waals surface area contributed by atoms with Gasteiger partial charge in [-0.15, -0.1) is 4.72 Å². The number of halogens is 2. The molecule has 1 fully saturated rings. The lowest BCUT2D eigenvalue weighted by Crippen LogP contribution is -2.54. The Hall–Kier alpha value is -2.04. The summed E-state index contributed by atoms with van der Waals surface area (Å²) in [6.45, 7) is 8.97. The highest BCUT2D eigenvalue weighted by atomic mass is 32.2. The first-order chi connectivity index (χ1) is 13.6. The molecule has 10 heteroatoms. The van der Waals surface area contributed by atoms with Gasteiger partial charge < -0.3 is 14.0 Å². The SMILES string of the molecule is CC1(C)OC(=O)C(C(=O)CC(C)(N[S@+]([O-])C(C)(C)C)c2cccc(F)c2F)C(=O)O1. The molecule has 2 atom stereocenters. The molecule has 0 aliphatic carbocycles. The minimum Gasteiger partial charge on any atom is -0.598 e. The molecule has 0 saturated carbocycles. The summed E-state index contributed by atoms with van der Waals surface area (Å²) in [5.74, 6) is -8.92. The lowest BCUT2D eigenvalue weighted by molar-refractivity contribution is -0.238. The maximum absolute atomic E-state index is 14.6. The molecule has 0 amide bonds. The van der Waals surface area contributed by atoms with Gasteiger partial charge in [-0.2, -0.15) is 0 Å². The second-order valence-electron chi connectivity index (χ2n) is 8.73. The zero-order chi connectivity index (χ0) is 23.1. The summed E-state index contributed by atoms with van der Waals surface area (Å²) < 4.78 is 53.0. The molecular formula is C20H25F2NO6S. The zero-order valence-electron chi connectivity index (χ0n) is 17.6. The van der Waals surface area contributed by atoms with Crippen molar-refractivity contribution in [2.24, 2.45) is 5.92 Å². The van der Waals surface area contributed by atoms with E-state index in [-0.39, 0.29) is 5.56 Å². The predicted molar refractivity (Wildman–Crippen MR) is 104 cm³/mol. The Balaban J connectivity index is 2.43. The van der Waals surface area contributed by atoms with Crippen molar-refractivity contribution in [3.05, 3.63) is 35.4 Å². The van der Waals surface area contributed by atoms with Gasteiger partial charge in [0.25, 0.3) is 5.79 Å². The van der Waals surface area contributed by atoms with Crippen LogP contribution in [-0.2, 0) is 40.8 Å². The molecule has 1 unspecified atom stereocenters. The molecule has 0 spiro atoms. The summed E-state index contributed by atoms with van der Waals surface area (Å²) in [6.07, 6.45) is -0.648. The molecule has 1 N–H and O–H groups in total. The van der Waals surface area contributed by atoms with Gasteiger partial charge in [-0.05, 0) is 33.8 Å². The smallest absolute Gasteiger partial charge is 0.331 e. The molecule has 1 aliphatic rings. The first-order valence-electron chi connectivity index (χ1n) is 9.20. The first kappa shape index (κ1) is 24.2. The van der Waals surface area contributed by atoms with E-state index in [1.54, 1.807) is 20.8 Å². The van der Waals surface area contributed by atoms with E-state index in [2.05, 4.69) is 4.72 Å². The van der Waals surface area contributed by atoms with Gasteiger partial charge in [-0.3, -0.25) is 14.4 Å². The van der Waals surface area contributed by atoms with Gasteiger partial charge in [0, 0.05) is 37.2 Å². The Bertz CT molecular complexity index is 849. The molecular weight excluding hydrogens is 420 g/mol. The van der Waals surface area contributed by atoms with Gasteiger partial charge in [-0.25, -0.2) is 8.78 Å². The number of hydrogen-bond donors (Lipinski definition) is 1. The van der Waals surface area contributed by atoms with E-state index in [1.165, 1.54) is 32.9 Å². The van der Waals surface area contributed by atoms with Crippen LogP contribution < -0.4 is 4.72 Å². The third kappa shape index (κ3) is 5.16. The highest BCUT2D eigenvalue weighted by molar-refractivity contribution is 7.90. The van der Waals surface area contributed by atoms with Crippen LogP contribution in [0.2, 0.25) is 0 Å². The number of esters is 2. The summed E-state index contributed by atoms with van der Waals surface area (Å²) in [7, 11) is 0. The zero-order valence-corrected chi connectivity index (χ0v) is 18.4. The number of nitrogens with one attached hydrogen (secondary N) is 1. The largest absolute Gasteiger partial charge is 0.598 e. The number of carbonyl (C=O) groups excluding carboxylic acids is 3. The van der Waals surface area contributed by atoms with Crippen molar-refractivity contribution in [2.45, 2.75) is 64.0 Å². The lowest BCUT2D eigenvalue weighted by Gasteiger charge is -2.36. The minimum absolute atomic E-state index is 0.272. The molecule has 1 aliphatic heterocycles. The summed E-state index contributed by atoms with van der Waals surface area (Å²) >= 11 is -1.80. The molecule has 1 aromatic rings. The van der Waals surface area contributed by atoms with Crippen LogP contribution in [0, 0.1) is 17.6 Å². The monoisotopic (exact) mass is 445 g/mol. The van der Waals surface area contributed by atoms with Gasteiger partial charge in [0.05, 0.1) is 5.54 Å². The van der Waals surface area contributed by atoms with E-state index in [0.717, 1.165) is 6.07 Å². The van der Waals surface area contributed by atoms with Crippen molar-refractivity contribution in [3.63, 3.8) is 0 Å². The van der Waals surface area contributed by atoms with Crippen LogP contribution in [0.25, 0.3) is 0 Å². The van der Waals surface area contributed by atoms with Gasteiger partial charge in [0.15, 0.2) is 17.4 Å². The number of rotatable bonds is 6. The Morgan fingerprint density at radius 2 is 1.70 bits per heavy atom. The first-order valence-corrected chi connectivity index (χ1v) is 10.3. The Morgan fingerprint density at radius 3 is 2.20 bits per heavy atom. The van der Waals surface area contributed by atoms with Crippen LogP contribution in [-0.4, -0.2) is 32.8 Å². The molecule has 1 heterocycles. The van der Waals surface area contributed by atoms with Crippen LogP contribution in [0.1, 0.15) is 53.5 Å². The van der Waals surface area contributed by atoms with Crippen molar-refractivity contribution >= 4 is 29.1 Å². The quantitative estimate of drug-likeness (QED) is 0.408. The molecule has 0 bridgehead atoms. The molecule has 1 saturated heterocycles. The van der Waals surface area contributed by atoms with Crippen LogP contribution in [0.5, 0.6) is 0 Å². The second-order valence-corrected chi connectivity index (χ2v) is 10.7. The fourth-order valence-corrected chi connectivity index (χ4v) is 3.80. The van der Waals surface area contributed by atoms with E-state index in [9.17, 15) is 27.7 Å². The molecule has 0 radical (unpaired) electrons. The third-order valence-electron chi connectivity index (χ3n) is 4.43. The maximum atomic E-state index is 14.6. The second kappa shape index (κ2) is 8.24. The Kier molecular flexibility index (Phi) is 6.65.